The minimum Gasteiger partial charge on any atom is -0.369 e. The van der Waals surface area contributed by atoms with Crippen LogP contribution in [0.3, 0.4) is 0 Å². The van der Waals surface area contributed by atoms with Crippen molar-refractivity contribution in [2.45, 2.75) is 25.8 Å². The van der Waals surface area contributed by atoms with E-state index in [0.29, 0.717) is 18.4 Å². The lowest BCUT2D eigenvalue weighted by atomic mass is 9.90. The maximum Gasteiger partial charge on any atom is 0.317 e. The van der Waals surface area contributed by atoms with E-state index in [1.807, 2.05) is 23.1 Å². The number of nitrogen functional groups attached to an aromatic ring is 1. The average Bonchev–Trinajstić information content (AvgIpc) is 3.07. The predicted molar refractivity (Wildman–Crippen MR) is 107 cm³/mol. The molecule has 0 aliphatic carbocycles. The maximum absolute atomic E-state index is 12.5. The Morgan fingerprint density at radius 3 is 2.70 bits per heavy atom. The van der Waals surface area contributed by atoms with Crippen molar-refractivity contribution in [3.63, 3.8) is 0 Å². The highest BCUT2D eigenvalue weighted by molar-refractivity contribution is 5.78. The molecule has 27 heavy (non-hydrogen) atoms. The number of urea groups is 1. The molecular formula is C21H25N5O. The van der Waals surface area contributed by atoms with Crippen molar-refractivity contribution in [1.29, 1.82) is 0 Å². The SMILES string of the molecule is Nc1nc2ccc(CNC(=O)N3CCC(Cc4ccccc4)CC3)cc2[nH]1. The molecule has 2 aromatic carbocycles. The summed E-state index contributed by atoms with van der Waals surface area (Å²) in [6, 6.07) is 16.5. The van der Waals surface area contributed by atoms with Crippen LogP contribution in [-0.2, 0) is 13.0 Å². The highest BCUT2D eigenvalue weighted by Gasteiger charge is 2.22. The van der Waals surface area contributed by atoms with Crippen LogP contribution in [0.1, 0.15) is 24.0 Å². The molecule has 3 aromatic rings. The highest BCUT2D eigenvalue weighted by atomic mass is 16.2. The molecule has 1 aromatic heterocycles. The number of H-pyrrole nitrogens is 1. The van der Waals surface area contributed by atoms with Gasteiger partial charge >= 0.3 is 6.03 Å². The molecule has 2 amide bonds. The van der Waals surface area contributed by atoms with E-state index in [-0.39, 0.29) is 6.03 Å². The number of imidazole rings is 1. The number of nitrogens with two attached hydrogens (primary N) is 1. The van der Waals surface area contributed by atoms with E-state index >= 15 is 0 Å². The fourth-order valence-corrected chi connectivity index (χ4v) is 3.76. The number of fused-ring (bicyclic) bond motifs is 1. The second-order valence-electron chi connectivity index (χ2n) is 7.25. The third-order valence-electron chi connectivity index (χ3n) is 5.28. The smallest absolute Gasteiger partial charge is 0.317 e. The first kappa shape index (κ1) is 17.4. The second kappa shape index (κ2) is 7.70. The highest BCUT2D eigenvalue weighted by Crippen LogP contribution is 2.22. The van der Waals surface area contributed by atoms with Crippen molar-refractivity contribution in [2.24, 2.45) is 5.92 Å². The molecule has 6 heteroatoms. The minimum absolute atomic E-state index is 0.0115. The molecule has 2 heterocycles. The molecule has 1 aliphatic rings. The van der Waals surface area contributed by atoms with Crippen molar-refractivity contribution in [3.05, 3.63) is 59.7 Å². The summed E-state index contributed by atoms with van der Waals surface area (Å²) in [7, 11) is 0. The topological polar surface area (TPSA) is 87.0 Å². The Kier molecular flexibility index (Phi) is 4.96. The first-order chi connectivity index (χ1) is 13.2. The molecule has 0 spiro atoms. The Labute approximate surface area is 158 Å². The number of amides is 2. The molecule has 4 rings (SSSR count). The normalized spacial score (nSPS) is 15.2. The zero-order valence-electron chi connectivity index (χ0n) is 15.3. The van der Waals surface area contributed by atoms with Gasteiger partial charge in [0, 0.05) is 19.6 Å². The Bertz CT molecular complexity index is 913. The van der Waals surface area contributed by atoms with Crippen LogP contribution in [0.5, 0.6) is 0 Å². The number of carbonyl (C=O) groups excluding carboxylic acids is 1. The number of aromatic amines is 1. The van der Waals surface area contributed by atoms with E-state index in [1.54, 1.807) is 0 Å². The van der Waals surface area contributed by atoms with Crippen molar-refractivity contribution in [3.8, 4) is 0 Å². The quantitative estimate of drug-likeness (QED) is 0.664. The summed E-state index contributed by atoms with van der Waals surface area (Å²) in [5, 5.41) is 3.03. The summed E-state index contributed by atoms with van der Waals surface area (Å²) in [6.07, 6.45) is 3.22. The van der Waals surface area contributed by atoms with Gasteiger partial charge in [-0.2, -0.15) is 0 Å². The van der Waals surface area contributed by atoms with Gasteiger partial charge in [0.1, 0.15) is 0 Å². The average molecular weight is 363 g/mol. The summed E-state index contributed by atoms with van der Waals surface area (Å²) < 4.78 is 0. The van der Waals surface area contributed by atoms with Crippen molar-refractivity contribution >= 4 is 23.0 Å². The van der Waals surface area contributed by atoms with Crippen molar-refractivity contribution in [1.82, 2.24) is 20.2 Å². The Hall–Kier alpha value is -3.02. The lowest BCUT2D eigenvalue weighted by Crippen LogP contribution is -2.44. The molecule has 0 bridgehead atoms. The summed E-state index contributed by atoms with van der Waals surface area (Å²) in [5.74, 6) is 1.06. The van der Waals surface area contributed by atoms with E-state index in [0.717, 1.165) is 48.9 Å². The van der Waals surface area contributed by atoms with Gasteiger partial charge in [0.05, 0.1) is 11.0 Å². The van der Waals surface area contributed by atoms with Gasteiger partial charge < -0.3 is 20.9 Å². The van der Waals surface area contributed by atoms with Crippen molar-refractivity contribution < 1.29 is 4.79 Å². The number of aromatic nitrogens is 2. The molecule has 0 radical (unpaired) electrons. The van der Waals surface area contributed by atoms with Gasteiger partial charge in [0.2, 0.25) is 0 Å². The number of benzene rings is 2. The molecule has 140 valence electrons. The van der Waals surface area contributed by atoms with Crippen LogP contribution >= 0.6 is 0 Å². The first-order valence-electron chi connectivity index (χ1n) is 9.48. The molecule has 4 N–H and O–H groups in total. The molecule has 6 nitrogen and oxygen atoms in total. The van der Waals surface area contributed by atoms with E-state index in [4.69, 9.17) is 5.73 Å². The third-order valence-corrected chi connectivity index (χ3v) is 5.28. The summed E-state index contributed by atoms with van der Waals surface area (Å²) in [4.78, 5) is 21.6. The molecule has 1 aliphatic heterocycles. The lowest BCUT2D eigenvalue weighted by molar-refractivity contribution is 0.170. The number of carbonyl (C=O) groups is 1. The number of hydrogen-bond acceptors (Lipinski definition) is 3. The van der Waals surface area contributed by atoms with Crippen LogP contribution in [0, 0.1) is 5.92 Å². The number of nitrogens with zero attached hydrogens (tertiary/aromatic N) is 2. The van der Waals surface area contributed by atoms with Gasteiger partial charge in [0.15, 0.2) is 5.95 Å². The van der Waals surface area contributed by atoms with Gasteiger partial charge in [-0.1, -0.05) is 36.4 Å². The van der Waals surface area contributed by atoms with Crippen LogP contribution in [0.4, 0.5) is 10.7 Å². The number of anilines is 1. The Morgan fingerprint density at radius 2 is 1.93 bits per heavy atom. The first-order valence-corrected chi connectivity index (χ1v) is 9.48. The molecule has 1 fully saturated rings. The molecule has 0 saturated carbocycles. The van der Waals surface area contributed by atoms with Crippen LogP contribution < -0.4 is 11.1 Å². The van der Waals surface area contributed by atoms with Gasteiger partial charge in [-0.15, -0.1) is 0 Å². The van der Waals surface area contributed by atoms with E-state index in [2.05, 4.69) is 45.6 Å². The molecule has 0 unspecified atom stereocenters. The zero-order chi connectivity index (χ0) is 18.6. The van der Waals surface area contributed by atoms with Gasteiger partial charge in [0.25, 0.3) is 0 Å². The van der Waals surface area contributed by atoms with Crippen LogP contribution in [-0.4, -0.2) is 34.0 Å². The number of nitrogens with one attached hydrogen (secondary N) is 2. The summed E-state index contributed by atoms with van der Waals surface area (Å²) in [6.45, 7) is 2.14. The predicted octanol–water partition coefficient (Wildman–Crippen LogP) is 3.31. The third kappa shape index (κ3) is 4.22. The van der Waals surface area contributed by atoms with Crippen molar-refractivity contribution in [2.75, 3.05) is 18.8 Å². The number of hydrogen-bond donors (Lipinski definition) is 3. The zero-order valence-corrected chi connectivity index (χ0v) is 15.3. The second-order valence-corrected chi connectivity index (χ2v) is 7.25. The lowest BCUT2D eigenvalue weighted by Gasteiger charge is -2.32. The maximum atomic E-state index is 12.5. The van der Waals surface area contributed by atoms with E-state index in [9.17, 15) is 4.79 Å². The molecule has 1 saturated heterocycles. The van der Waals surface area contributed by atoms with Gasteiger partial charge in [-0.25, -0.2) is 9.78 Å². The Morgan fingerprint density at radius 1 is 1.15 bits per heavy atom. The van der Waals surface area contributed by atoms with Crippen LogP contribution in [0.2, 0.25) is 0 Å². The summed E-state index contributed by atoms with van der Waals surface area (Å²) >= 11 is 0. The monoisotopic (exact) mass is 363 g/mol. The van der Waals surface area contributed by atoms with E-state index < -0.39 is 0 Å². The minimum atomic E-state index is 0.0115. The largest absolute Gasteiger partial charge is 0.369 e. The standard InChI is InChI=1S/C21H25N5O/c22-20-24-18-7-6-17(13-19(18)25-20)14-23-21(27)26-10-8-16(9-11-26)12-15-4-2-1-3-5-15/h1-7,13,16H,8-12,14H2,(H,23,27)(H3,22,24,25). The fraction of sp³-hybridized carbons (Fsp3) is 0.333. The molecular weight excluding hydrogens is 338 g/mol. The van der Waals surface area contributed by atoms with Crippen LogP contribution in [0.25, 0.3) is 11.0 Å². The van der Waals surface area contributed by atoms with Gasteiger partial charge in [-0.05, 0) is 48.4 Å². The number of piperidine rings is 1. The number of rotatable bonds is 4. The fourth-order valence-electron chi connectivity index (χ4n) is 3.76. The van der Waals surface area contributed by atoms with Crippen LogP contribution in [0.15, 0.2) is 48.5 Å². The summed E-state index contributed by atoms with van der Waals surface area (Å²) in [5.41, 5.74) is 9.81. The van der Waals surface area contributed by atoms with E-state index in [1.165, 1.54) is 5.56 Å². The Balaban J connectivity index is 1.26. The van der Waals surface area contributed by atoms with Gasteiger partial charge in [-0.3, -0.25) is 0 Å². The molecule has 0 atom stereocenters. The number of likely N-dealkylation sites (tertiary alicyclic amines) is 1.